The molecule has 0 unspecified atom stereocenters. The smallest absolute Gasteiger partial charge is 0.141 e. The van der Waals surface area contributed by atoms with Gasteiger partial charge in [0.25, 0.3) is 0 Å². The molecule has 31 heavy (non-hydrogen) atoms. The molecule has 3 heterocycles. The second-order valence-electron chi connectivity index (χ2n) is 8.12. The summed E-state index contributed by atoms with van der Waals surface area (Å²) in [5.74, 6) is 0.790. The summed E-state index contributed by atoms with van der Waals surface area (Å²) in [6.45, 7) is 7.93. The van der Waals surface area contributed by atoms with Crippen LogP contribution < -0.4 is 9.64 Å². The molecule has 156 valence electrons. The van der Waals surface area contributed by atoms with Crippen molar-refractivity contribution in [3.63, 3.8) is 0 Å². The van der Waals surface area contributed by atoms with Crippen LogP contribution in [0.5, 0.6) is 5.75 Å². The largest absolute Gasteiger partial charge is 0.488 e. The van der Waals surface area contributed by atoms with Gasteiger partial charge in [-0.25, -0.2) is 0 Å². The minimum atomic E-state index is -0.0743. The zero-order valence-corrected chi connectivity index (χ0v) is 17.2. The Hall–Kier alpha value is -3.28. The molecular formula is C26H23NO4. The highest BCUT2D eigenvalue weighted by molar-refractivity contribution is 6.15. The maximum atomic E-state index is 9.82. The number of rotatable bonds is 3. The predicted octanol–water partition coefficient (Wildman–Crippen LogP) is 4.99. The zero-order chi connectivity index (χ0) is 20.9. The van der Waals surface area contributed by atoms with Gasteiger partial charge in [-0.3, -0.25) is 0 Å². The van der Waals surface area contributed by atoms with Crippen LogP contribution in [0.15, 0.2) is 59.5 Å². The minimum Gasteiger partial charge on any atom is -0.488 e. The van der Waals surface area contributed by atoms with Crippen molar-refractivity contribution in [3.05, 3.63) is 66.2 Å². The average molecular weight is 413 g/mol. The first-order valence-electron chi connectivity index (χ1n) is 10.6. The van der Waals surface area contributed by atoms with Crippen LogP contribution in [0, 0.1) is 0 Å². The Morgan fingerprint density at radius 1 is 0.935 bits per heavy atom. The first kappa shape index (κ1) is 18.5. The minimum absolute atomic E-state index is 0.0743. The third-order valence-corrected chi connectivity index (χ3v) is 6.30. The molecule has 5 heteroatoms. The summed E-state index contributed by atoms with van der Waals surface area (Å²) in [5, 5.41) is 11.7. The number of nitrogens with zero attached hydrogens (tertiary/aromatic N) is 1. The van der Waals surface area contributed by atoms with Crippen LogP contribution in [-0.4, -0.2) is 38.0 Å². The lowest BCUT2D eigenvalue weighted by molar-refractivity contribution is 0.122. The average Bonchev–Trinajstić information content (AvgIpc) is 3.15. The second-order valence-corrected chi connectivity index (χ2v) is 8.12. The molecule has 0 bridgehead atoms. The molecule has 0 radical (unpaired) electrons. The highest BCUT2D eigenvalue weighted by atomic mass is 16.5. The summed E-state index contributed by atoms with van der Waals surface area (Å²) in [6.07, 6.45) is 0. The monoisotopic (exact) mass is 413 g/mol. The Kier molecular flexibility index (Phi) is 4.26. The van der Waals surface area contributed by atoms with Crippen molar-refractivity contribution in [2.75, 3.05) is 37.8 Å². The van der Waals surface area contributed by atoms with Crippen LogP contribution in [-0.2, 0) is 11.3 Å². The molecule has 0 atom stereocenters. The third kappa shape index (κ3) is 2.92. The second kappa shape index (κ2) is 7.15. The molecule has 3 aromatic carbocycles. The van der Waals surface area contributed by atoms with Crippen molar-refractivity contribution in [1.29, 1.82) is 0 Å². The Morgan fingerprint density at radius 3 is 2.52 bits per heavy atom. The summed E-state index contributed by atoms with van der Waals surface area (Å²) in [6, 6.07) is 16.6. The van der Waals surface area contributed by atoms with Gasteiger partial charge in [-0.15, -0.1) is 0 Å². The molecule has 0 spiro atoms. The summed E-state index contributed by atoms with van der Waals surface area (Å²) in [7, 11) is 0. The lowest BCUT2D eigenvalue weighted by Gasteiger charge is -2.28. The molecule has 0 amide bonds. The zero-order valence-electron chi connectivity index (χ0n) is 17.2. The number of hydrogen-bond donors (Lipinski definition) is 1. The van der Waals surface area contributed by atoms with Crippen LogP contribution in [0.1, 0.15) is 11.1 Å². The van der Waals surface area contributed by atoms with E-state index in [9.17, 15) is 5.11 Å². The first-order chi connectivity index (χ1) is 15.2. The van der Waals surface area contributed by atoms with Gasteiger partial charge in [-0.05, 0) is 46.5 Å². The molecule has 2 aliphatic heterocycles. The van der Waals surface area contributed by atoms with Gasteiger partial charge in [0.2, 0.25) is 0 Å². The van der Waals surface area contributed by atoms with E-state index < -0.39 is 0 Å². The maximum Gasteiger partial charge on any atom is 0.141 e. The molecule has 0 saturated carbocycles. The van der Waals surface area contributed by atoms with Crippen molar-refractivity contribution in [3.8, 4) is 16.9 Å². The SMILES string of the molecule is C=C1COc2cc(-c3ccc(N4CCOCC4)cc3)cc3oc4c(CO)ccc1c4c23. The van der Waals surface area contributed by atoms with Gasteiger partial charge in [0, 0.05) is 29.7 Å². The van der Waals surface area contributed by atoms with Gasteiger partial charge in [-0.2, -0.15) is 0 Å². The van der Waals surface area contributed by atoms with Gasteiger partial charge >= 0.3 is 0 Å². The topological polar surface area (TPSA) is 55.1 Å². The number of hydrogen-bond acceptors (Lipinski definition) is 5. The highest BCUT2D eigenvalue weighted by Gasteiger charge is 2.23. The standard InChI is InChI=1S/C26H23NO4/c1-16-15-30-22-12-19(17-2-5-20(6-3-17)27-8-10-29-11-9-27)13-23-25(22)24-21(16)7-4-18(14-28)26(24)31-23/h2-7,12-13,28H,1,8-11,14-15H2. The maximum absolute atomic E-state index is 9.82. The molecule has 6 rings (SSSR count). The van der Waals surface area contributed by atoms with Crippen LogP contribution in [0.2, 0.25) is 0 Å². The summed E-state index contributed by atoms with van der Waals surface area (Å²) >= 11 is 0. The molecule has 5 nitrogen and oxygen atoms in total. The van der Waals surface area contributed by atoms with Gasteiger partial charge in [0.1, 0.15) is 23.5 Å². The molecule has 1 N–H and O–H groups in total. The van der Waals surface area contributed by atoms with Crippen LogP contribution in [0.3, 0.4) is 0 Å². The van der Waals surface area contributed by atoms with Gasteiger partial charge in [-0.1, -0.05) is 30.8 Å². The molecule has 2 aliphatic rings. The molecule has 4 aromatic rings. The van der Waals surface area contributed by atoms with Crippen LogP contribution in [0.4, 0.5) is 5.69 Å². The molecular weight excluding hydrogens is 390 g/mol. The molecule has 1 fully saturated rings. The summed E-state index contributed by atoms with van der Waals surface area (Å²) < 4.78 is 17.9. The number of furan rings is 1. The van der Waals surface area contributed by atoms with E-state index in [2.05, 4.69) is 47.9 Å². The van der Waals surface area contributed by atoms with Gasteiger partial charge in [0.05, 0.1) is 25.2 Å². The normalized spacial score (nSPS) is 16.2. The van der Waals surface area contributed by atoms with Gasteiger partial charge in [0.15, 0.2) is 0 Å². The fraction of sp³-hybridized carbons (Fsp3) is 0.231. The fourth-order valence-electron chi connectivity index (χ4n) is 4.65. The van der Waals surface area contributed by atoms with Crippen molar-refractivity contribution in [1.82, 2.24) is 0 Å². The van der Waals surface area contributed by atoms with Crippen molar-refractivity contribution in [2.24, 2.45) is 0 Å². The number of anilines is 1. The molecule has 1 aromatic heterocycles. The number of ether oxygens (including phenoxy) is 2. The van der Waals surface area contributed by atoms with E-state index in [0.717, 1.165) is 76.2 Å². The van der Waals surface area contributed by atoms with E-state index in [4.69, 9.17) is 13.9 Å². The van der Waals surface area contributed by atoms with E-state index in [-0.39, 0.29) is 6.61 Å². The third-order valence-electron chi connectivity index (χ3n) is 6.30. The number of benzene rings is 3. The van der Waals surface area contributed by atoms with E-state index >= 15 is 0 Å². The molecule has 0 aliphatic carbocycles. The van der Waals surface area contributed by atoms with Crippen molar-refractivity contribution < 1.29 is 19.0 Å². The van der Waals surface area contributed by atoms with E-state index in [1.165, 1.54) is 5.69 Å². The fourth-order valence-corrected chi connectivity index (χ4v) is 4.65. The van der Waals surface area contributed by atoms with Crippen molar-refractivity contribution in [2.45, 2.75) is 6.61 Å². The Balaban J connectivity index is 1.49. The van der Waals surface area contributed by atoms with Gasteiger partial charge < -0.3 is 23.9 Å². The number of morpholine rings is 1. The summed E-state index contributed by atoms with van der Waals surface area (Å²) in [4.78, 5) is 2.34. The quantitative estimate of drug-likeness (QED) is 0.513. The molecule has 1 saturated heterocycles. The number of aliphatic hydroxyl groups excluding tert-OH is 1. The summed E-state index contributed by atoms with van der Waals surface area (Å²) in [5.41, 5.74) is 7.52. The Labute approximate surface area is 180 Å². The Bertz CT molecular complexity index is 1310. The number of aliphatic hydroxyl groups is 1. The highest BCUT2D eigenvalue weighted by Crippen LogP contribution is 2.45. The predicted molar refractivity (Wildman–Crippen MR) is 123 cm³/mol. The van der Waals surface area contributed by atoms with Crippen LogP contribution >= 0.6 is 0 Å². The van der Waals surface area contributed by atoms with E-state index in [1.807, 2.05) is 12.1 Å². The lowest BCUT2D eigenvalue weighted by atomic mass is 9.97. The van der Waals surface area contributed by atoms with Crippen molar-refractivity contribution >= 4 is 33.2 Å². The van der Waals surface area contributed by atoms with E-state index in [1.54, 1.807) is 0 Å². The lowest BCUT2D eigenvalue weighted by Crippen LogP contribution is -2.36. The Morgan fingerprint density at radius 2 is 1.74 bits per heavy atom. The first-order valence-corrected chi connectivity index (χ1v) is 10.6. The van der Waals surface area contributed by atoms with E-state index in [0.29, 0.717) is 12.2 Å². The van der Waals surface area contributed by atoms with Crippen LogP contribution in [0.25, 0.3) is 38.6 Å².